The van der Waals surface area contributed by atoms with E-state index in [1.165, 1.54) is 0 Å². The summed E-state index contributed by atoms with van der Waals surface area (Å²) in [6.07, 6.45) is 6.02. The molecule has 0 saturated heterocycles. The van der Waals surface area contributed by atoms with Crippen LogP contribution >= 0.6 is 0 Å². The van der Waals surface area contributed by atoms with E-state index >= 15 is 0 Å². The molecule has 1 unspecified atom stereocenters. The third kappa shape index (κ3) is 2.50. The second-order valence-electron chi connectivity index (χ2n) is 3.95. The van der Waals surface area contributed by atoms with Gasteiger partial charge in [-0.15, -0.1) is 0 Å². The zero-order chi connectivity index (χ0) is 12.3. The molecule has 0 heterocycles. The first-order valence-corrected chi connectivity index (χ1v) is 5.36. The van der Waals surface area contributed by atoms with E-state index in [1.54, 1.807) is 12.2 Å². The van der Waals surface area contributed by atoms with Gasteiger partial charge in [0.15, 0.2) is 0 Å². The van der Waals surface area contributed by atoms with Crippen molar-refractivity contribution in [1.29, 1.82) is 0 Å². The van der Waals surface area contributed by atoms with Gasteiger partial charge in [-0.3, -0.25) is 9.59 Å². The summed E-state index contributed by atoms with van der Waals surface area (Å²) in [5.41, 5.74) is 2.43. The molecule has 3 nitrogen and oxygen atoms in total. The Kier molecular flexibility index (Phi) is 3.19. The Morgan fingerprint density at radius 3 is 2.76 bits per heavy atom. The van der Waals surface area contributed by atoms with E-state index in [9.17, 15) is 9.59 Å². The number of hydrogen-bond acceptors (Lipinski definition) is 2. The van der Waals surface area contributed by atoms with Gasteiger partial charge < -0.3 is 5.11 Å². The number of aldehydes is 1. The topological polar surface area (TPSA) is 54.4 Å². The number of carboxylic acids is 1. The third-order valence-corrected chi connectivity index (χ3v) is 2.78. The lowest BCUT2D eigenvalue weighted by Gasteiger charge is -2.12. The van der Waals surface area contributed by atoms with Gasteiger partial charge in [-0.05, 0) is 11.1 Å². The summed E-state index contributed by atoms with van der Waals surface area (Å²) in [6, 6.07) is 7.59. The maximum atomic E-state index is 10.8. The Bertz CT molecular complexity index is 512. The highest BCUT2D eigenvalue weighted by Gasteiger charge is 2.17. The van der Waals surface area contributed by atoms with E-state index in [-0.39, 0.29) is 12.3 Å². The zero-order valence-electron chi connectivity index (χ0n) is 9.17. The van der Waals surface area contributed by atoms with Crippen LogP contribution in [0.1, 0.15) is 23.5 Å². The molecule has 17 heavy (non-hydrogen) atoms. The first-order chi connectivity index (χ1) is 8.20. The van der Waals surface area contributed by atoms with Crippen LogP contribution in [0.25, 0.3) is 6.08 Å². The van der Waals surface area contributed by atoms with E-state index in [0.29, 0.717) is 5.57 Å². The molecular formula is C14H12O3. The lowest BCUT2D eigenvalue weighted by molar-refractivity contribution is -0.137. The Morgan fingerprint density at radius 1 is 1.29 bits per heavy atom. The maximum absolute atomic E-state index is 10.8. The van der Waals surface area contributed by atoms with Crippen molar-refractivity contribution >= 4 is 18.3 Å². The summed E-state index contributed by atoms with van der Waals surface area (Å²) < 4.78 is 0. The third-order valence-electron chi connectivity index (χ3n) is 2.78. The molecule has 0 aliphatic heterocycles. The fourth-order valence-electron chi connectivity index (χ4n) is 2.00. The molecule has 86 valence electrons. The maximum Gasteiger partial charge on any atom is 0.304 e. The quantitative estimate of drug-likeness (QED) is 0.808. The molecular weight excluding hydrogens is 216 g/mol. The number of aliphatic carboxylic acids is 1. The van der Waals surface area contributed by atoms with Crippen molar-refractivity contribution in [3.8, 4) is 0 Å². The van der Waals surface area contributed by atoms with E-state index in [0.717, 1.165) is 17.4 Å². The summed E-state index contributed by atoms with van der Waals surface area (Å²) in [6.45, 7) is 0. The normalized spacial score (nSPS) is 17.9. The van der Waals surface area contributed by atoms with Crippen molar-refractivity contribution < 1.29 is 14.7 Å². The minimum atomic E-state index is -0.867. The van der Waals surface area contributed by atoms with Crippen LogP contribution < -0.4 is 0 Å². The number of carboxylic acid groups (broad SMARTS) is 1. The lowest BCUT2D eigenvalue weighted by atomic mass is 9.92. The largest absolute Gasteiger partial charge is 0.481 e. The minimum Gasteiger partial charge on any atom is -0.481 e. The lowest BCUT2D eigenvalue weighted by Crippen LogP contribution is -2.05. The molecule has 1 aliphatic carbocycles. The second kappa shape index (κ2) is 4.78. The standard InChI is InChI=1S/C14H12O3/c15-9-10-5-6-11-3-1-2-4-13(11)12(7-10)8-14(16)17/h1-7,9,12H,8H2,(H,16,17). The fraction of sp³-hybridized carbons (Fsp3) is 0.143. The number of rotatable bonds is 3. The summed E-state index contributed by atoms with van der Waals surface area (Å²) in [5, 5.41) is 8.90. The van der Waals surface area contributed by atoms with Gasteiger partial charge in [-0.25, -0.2) is 0 Å². The Hall–Kier alpha value is -2.16. The van der Waals surface area contributed by atoms with E-state index in [1.807, 2.05) is 30.3 Å². The van der Waals surface area contributed by atoms with E-state index in [4.69, 9.17) is 5.11 Å². The number of benzene rings is 1. The van der Waals surface area contributed by atoms with Gasteiger partial charge >= 0.3 is 5.97 Å². The molecule has 0 amide bonds. The van der Waals surface area contributed by atoms with E-state index < -0.39 is 5.97 Å². The molecule has 0 fully saturated rings. The SMILES string of the molecule is O=CC1=CC(CC(=O)O)c2ccccc2C=C1. The van der Waals surface area contributed by atoms with Crippen LogP contribution in [-0.4, -0.2) is 17.4 Å². The number of hydrogen-bond donors (Lipinski definition) is 1. The molecule has 0 bridgehead atoms. The highest BCUT2D eigenvalue weighted by Crippen LogP contribution is 2.29. The number of carbonyl (C=O) groups excluding carboxylic acids is 1. The van der Waals surface area contributed by atoms with Crippen LogP contribution in [0.4, 0.5) is 0 Å². The molecule has 1 aromatic carbocycles. The average Bonchev–Trinajstić information content (AvgIpc) is 2.49. The second-order valence-corrected chi connectivity index (χ2v) is 3.95. The first-order valence-electron chi connectivity index (χ1n) is 5.36. The minimum absolute atomic E-state index is 0.00394. The molecule has 0 aromatic heterocycles. The molecule has 0 spiro atoms. The van der Waals surface area contributed by atoms with Gasteiger partial charge in [0.05, 0.1) is 6.42 Å². The fourth-order valence-corrected chi connectivity index (χ4v) is 2.00. The van der Waals surface area contributed by atoms with Crippen molar-refractivity contribution in [3.63, 3.8) is 0 Å². The van der Waals surface area contributed by atoms with Crippen molar-refractivity contribution in [3.05, 3.63) is 53.1 Å². The van der Waals surface area contributed by atoms with Crippen molar-refractivity contribution in [2.45, 2.75) is 12.3 Å². The average molecular weight is 228 g/mol. The van der Waals surface area contributed by atoms with E-state index in [2.05, 4.69) is 0 Å². The predicted molar refractivity (Wildman–Crippen MR) is 64.6 cm³/mol. The van der Waals surface area contributed by atoms with Crippen molar-refractivity contribution in [2.75, 3.05) is 0 Å². The van der Waals surface area contributed by atoms with Gasteiger partial charge in [0.1, 0.15) is 6.29 Å². The monoisotopic (exact) mass is 228 g/mol. The Labute approximate surface area is 99.1 Å². The van der Waals surface area contributed by atoms with Crippen LogP contribution in [-0.2, 0) is 9.59 Å². The molecule has 1 aromatic rings. The van der Waals surface area contributed by atoms with Crippen LogP contribution in [0.3, 0.4) is 0 Å². The highest BCUT2D eigenvalue weighted by atomic mass is 16.4. The van der Waals surface area contributed by atoms with Gasteiger partial charge in [0.25, 0.3) is 0 Å². The summed E-state index contributed by atoms with van der Waals surface area (Å²) >= 11 is 0. The van der Waals surface area contributed by atoms with Crippen LogP contribution in [0.15, 0.2) is 42.0 Å². The summed E-state index contributed by atoms with van der Waals surface area (Å²) in [5.74, 6) is -1.12. The van der Waals surface area contributed by atoms with Gasteiger partial charge in [0, 0.05) is 11.5 Å². The zero-order valence-corrected chi connectivity index (χ0v) is 9.17. The molecule has 1 aliphatic rings. The molecule has 1 N–H and O–H groups in total. The van der Waals surface area contributed by atoms with Crippen molar-refractivity contribution in [2.24, 2.45) is 0 Å². The molecule has 3 heteroatoms. The molecule has 0 saturated carbocycles. The highest BCUT2D eigenvalue weighted by molar-refractivity contribution is 5.82. The molecule has 0 radical (unpaired) electrons. The summed E-state index contributed by atoms with van der Waals surface area (Å²) in [7, 11) is 0. The van der Waals surface area contributed by atoms with Gasteiger partial charge in [0.2, 0.25) is 0 Å². The summed E-state index contributed by atoms with van der Waals surface area (Å²) in [4.78, 5) is 21.7. The number of fused-ring (bicyclic) bond motifs is 1. The van der Waals surface area contributed by atoms with Crippen molar-refractivity contribution in [1.82, 2.24) is 0 Å². The number of allylic oxidation sites excluding steroid dienone is 3. The van der Waals surface area contributed by atoms with Gasteiger partial charge in [-0.2, -0.15) is 0 Å². The van der Waals surface area contributed by atoms with Crippen LogP contribution in [0.5, 0.6) is 0 Å². The Morgan fingerprint density at radius 2 is 2.06 bits per heavy atom. The Balaban J connectivity index is 2.47. The number of carbonyl (C=O) groups is 2. The van der Waals surface area contributed by atoms with Gasteiger partial charge in [-0.1, -0.05) is 42.5 Å². The smallest absolute Gasteiger partial charge is 0.304 e. The van der Waals surface area contributed by atoms with Crippen LogP contribution in [0.2, 0.25) is 0 Å². The molecule has 1 atom stereocenters. The predicted octanol–water partition coefficient (Wildman–Crippen LogP) is 2.40. The molecule has 2 rings (SSSR count). The van der Waals surface area contributed by atoms with Crippen LogP contribution in [0, 0.1) is 0 Å². The first kappa shape index (κ1) is 11.3.